The van der Waals surface area contributed by atoms with Gasteiger partial charge in [-0.15, -0.1) is 0 Å². The van der Waals surface area contributed by atoms with Crippen molar-refractivity contribution < 1.29 is 0 Å². The van der Waals surface area contributed by atoms with Gasteiger partial charge in [0.15, 0.2) is 0 Å². The molecule has 2 heterocycles. The molecule has 2 rings (SSSR count). The molecule has 4 heteroatoms. The Bertz CT molecular complexity index is 256. The van der Waals surface area contributed by atoms with E-state index in [-0.39, 0.29) is 0 Å². The summed E-state index contributed by atoms with van der Waals surface area (Å²) in [6.07, 6.45) is 1.60. The predicted molar refractivity (Wildman–Crippen MR) is 42.1 cm³/mol. The summed E-state index contributed by atoms with van der Waals surface area (Å²) in [4.78, 5) is 10.3. The quantitative estimate of drug-likeness (QED) is 0.617. The van der Waals surface area contributed by atoms with Crippen LogP contribution in [0.5, 0.6) is 0 Å². The van der Waals surface area contributed by atoms with Gasteiger partial charge in [-0.3, -0.25) is 5.32 Å². The zero-order valence-corrected chi connectivity index (χ0v) is 6.41. The van der Waals surface area contributed by atoms with Crippen LogP contribution in [0.2, 0.25) is 0 Å². The van der Waals surface area contributed by atoms with Gasteiger partial charge >= 0.3 is 0 Å². The minimum atomic E-state index is 0.899. The van der Waals surface area contributed by atoms with Gasteiger partial charge in [0.1, 0.15) is 12.1 Å². The number of nitrogens with zero attached hydrogens (tertiary/aromatic N) is 3. The number of aromatic nitrogens is 2. The Morgan fingerprint density at radius 1 is 1.45 bits per heavy atom. The molecule has 1 aliphatic rings. The Kier molecular flexibility index (Phi) is 1.47. The first-order valence-corrected chi connectivity index (χ1v) is 3.60. The van der Waals surface area contributed by atoms with Crippen molar-refractivity contribution in [2.75, 3.05) is 18.2 Å². The number of hydrogen-bond donors (Lipinski definition) is 1. The van der Waals surface area contributed by atoms with Crippen LogP contribution in [0.3, 0.4) is 0 Å². The normalized spacial score (nSPS) is 16.3. The Labute approximate surface area is 65.3 Å². The molecular weight excluding hydrogens is 140 g/mol. The van der Waals surface area contributed by atoms with E-state index in [1.807, 2.05) is 13.0 Å². The molecule has 0 amide bonds. The Hall–Kier alpha value is -1.16. The highest BCUT2D eigenvalue weighted by Crippen LogP contribution is 2.11. The first-order valence-electron chi connectivity index (χ1n) is 3.60. The largest absolute Gasteiger partial charge is 0.331 e. The molecule has 0 unspecified atom stereocenters. The van der Waals surface area contributed by atoms with Crippen molar-refractivity contribution >= 4 is 5.82 Å². The summed E-state index contributed by atoms with van der Waals surface area (Å²) < 4.78 is 0. The molecule has 1 aliphatic heterocycles. The minimum Gasteiger partial charge on any atom is -0.331 e. The second-order valence-corrected chi connectivity index (χ2v) is 2.62. The lowest BCUT2D eigenvalue weighted by molar-refractivity contribution is 0.518. The highest BCUT2D eigenvalue weighted by molar-refractivity contribution is 5.40. The molecule has 4 nitrogen and oxygen atoms in total. The minimum absolute atomic E-state index is 0.899. The van der Waals surface area contributed by atoms with Gasteiger partial charge in [0.25, 0.3) is 0 Å². The van der Waals surface area contributed by atoms with Crippen molar-refractivity contribution in [1.82, 2.24) is 15.3 Å². The van der Waals surface area contributed by atoms with Crippen molar-refractivity contribution in [3.8, 4) is 0 Å². The van der Waals surface area contributed by atoms with Crippen LogP contribution in [0.4, 0.5) is 5.82 Å². The van der Waals surface area contributed by atoms with Crippen LogP contribution in [0.15, 0.2) is 12.4 Å². The maximum atomic E-state index is 4.14. The average Bonchev–Trinajstić information content (AvgIpc) is 1.83. The van der Waals surface area contributed by atoms with Crippen molar-refractivity contribution in [2.45, 2.75) is 6.92 Å². The van der Waals surface area contributed by atoms with Gasteiger partial charge in [-0.25, -0.2) is 9.97 Å². The van der Waals surface area contributed by atoms with Crippen molar-refractivity contribution in [3.05, 3.63) is 18.1 Å². The van der Waals surface area contributed by atoms with E-state index in [4.69, 9.17) is 0 Å². The molecular formula is C7H10N4. The smallest absolute Gasteiger partial charge is 0.134 e. The summed E-state index contributed by atoms with van der Waals surface area (Å²) in [5.74, 6) is 1.01. The highest BCUT2D eigenvalue weighted by atomic mass is 15.4. The van der Waals surface area contributed by atoms with E-state index in [1.165, 1.54) is 0 Å². The van der Waals surface area contributed by atoms with Gasteiger partial charge in [0.05, 0.1) is 13.3 Å². The SMILES string of the molecule is Cc1cc(N2CNC2)ncn1. The van der Waals surface area contributed by atoms with Gasteiger partial charge < -0.3 is 4.90 Å². The van der Waals surface area contributed by atoms with E-state index in [2.05, 4.69) is 20.2 Å². The molecule has 0 bridgehead atoms. The molecule has 0 atom stereocenters. The second-order valence-electron chi connectivity index (χ2n) is 2.62. The zero-order valence-electron chi connectivity index (χ0n) is 6.41. The van der Waals surface area contributed by atoms with Crippen LogP contribution in [0.25, 0.3) is 0 Å². The standard InChI is InChI=1S/C7H10N4/c1-6-2-7(10-3-9-6)11-4-8-5-11/h2-3,8H,4-5H2,1H3. The van der Waals surface area contributed by atoms with E-state index in [0.717, 1.165) is 24.8 Å². The summed E-state index contributed by atoms with van der Waals surface area (Å²) in [5.41, 5.74) is 1.02. The number of hydrogen-bond acceptors (Lipinski definition) is 4. The number of rotatable bonds is 1. The van der Waals surface area contributed by atoms with Crippen LogP contribution in [-0.4, -0.2) is 23.3 Å². The van der Waals surface area contributed by atoms with Crippen LogP contribution in [0.1, 0.15) is 5.69 Å². The fourth-order valence-electron chi connectivity index (χ4n) is 0.999. The molecule has 0 radical (unpaired) electrons. The Balaban J connectivity index is 2.23. The van der Waals surface area contributed by atoms with Crippen LogP contribution in [0, 0.1) is 6.92 Å². The van der Waals surface area contributed by atoms with Crippen molar-refractivity contribution in [2.24, 2.45) is 0 Å². The van der Waals surface area contributed by atoms with E-state index < -0.39 is 0 Å². The molecule has 1 N–H and O–H groups in total. The molecule has 1 aromatic heterocycles. The van der Waals surface area contributed by atoms with E-state index >= 15 is 0 Å². The van der Waals surface area contributed by atoms with Gasteiger partial charge in [-0.1, -0.05) is 0 Å². The molecule has 1 aromatic rings. The Morgan fingerprint density at radius 3 is 2.82 bits per heavy atom. The summed E-state index contributed by atoms with van der Waals surface area (Å²) in [7, 11) is 0. The molecule has 11 heavy (non-hydrogen) atoms. The van der Waals surface area contributed by atoms with Crippen LogP contribution in [-0.2, 0) is 0 Å². The number of nitrogens with one attached hydrogen (secondary N) is 1. The molecule has 0 saturated carbocycles. The first kappa shape index (κ1) is 6.54. The van der Waals surface area contributed by atoms with E-state index in [9.17, 15) is 0 Å². The third kappa shape index (κ3) is 1.17. The van der Waals surface area contributed by atoms with Crippen LogP contribution < -0.4 is 10.2 Å². The monoisotopic (exact) mass is 150 g/mol. The second kappa shape index (κ2) is 2.47. The molecule has 1 saturated heterocycles. The highest BCUT2D eigenvalue weighted by Gasteiger charge is 2.13. The zero-order chi connectivity index (χ0) is 7.68. The fourth-order valence-corrected chi connectivity index (χ4v) is 0.999. The van der Waals surface area contributed by atoms with Gasteiger partial charge in [-0.05, 0) is 6.92 Å². The summed E-state index contributed by atoms with van der Waals surface area (Å²) in [5, 5.41) is 3.14. The van der Waals surface area contributed by atoms with E-state index in [1.54, 1.807) is 6.33 Å². The lowest BCUT2D eigenvalue weighted by Crippen LogP contribution is -2.52. The molecule has 58 valence electrons. The molecule has 1 fully saturated rings. The fraction of sp³-hybridized carbons (Fsp3) is 0.429. The molecule has 0 aromatic carbocycles. The van der Waals surface area contributed by atoms with E-state index in [0.29, 0.717) is 0 Å². The van der Waals surface area contributed by atoms with Crippen LogP contribution >= 0.6 is 0 Å². The topological polar surface area (TPSA) is 41.0 Å². The maximum Gasteiger partial charge on any atom is 0.134 e. The summed E-state index contributed by atoms with van der Waals surface area (Å²) >= 11 is 0. The number of anilines is 1. The molecule has 0 spiro atoms. The van der Waals surface area contributed by atoms with Gasteiger partial charge in [0.2, 0.25) is 0 Å². The summed E-state index contributed by atoms with van der Waals surface area (Å²) in [6, 6.07) is 1.99. The third-order valence-electron chi connectivity index (χ3n) is 1.72. The van der Waals surface area contributed by atoms with Crippen molar-refractivity contribution in [3.63, 3.8) is 0 Å². The third-order valence-corrected chi connectivity index (χ3v) is 1.72. The number of aryl methyl sites for hydroxylation is 1. The predicted octanol–water partition coefficient (Wildman–Crippen LogP) is 0.110. The van der Waals surface area contributed by atoms with Crippen molar-refractivity contribution in [1.29, 1.82) is 0 Å². The Morgan fingerprint density at radius 2 is 2.27 bits per heavy atom. The summed E-state index contributed by atoms with van der Waals surface area (Å²) in [6.45, 7) is 3.77. The lowest BCUT2D eigenvalue weighted by atomic mass is 10.4. The maximum absolute atomic E-state index is 4.14. The molecule has 0 aliphatic carbocycles. The van der Waals surface area contributed by atoms with Gasteiger partial charge in [-0.2, -0.15) is 0 Å². The van der Waals surface area contributed by atoms with Gasteiger partial charge in [0, 0.05) is 11.8 Å². The average molecular weight is 150 g/mol. The first-order chi connectivity index (χ1) is 5.36. The lowest BCUT2D eigenvalue weighted by Gasteiger charge is -2.32.